The van der Waals surface area contributed by atoms with E-state index in [0.717, 1.165) is 16.9 Å². The Kier molecular flexibility index (Phi) is 3.49. The normalized spacial score (nSPS) is 16.4. The third-order valence-corrected chi connectivity index (χ3v) is 4.10. The van der Waals surface area contributed by atoms with Gasteiger partial charge in [0.15, 0.2) is 0 Å². The van der Waals surface area contributed by atoms with Crippen LogP contribution >= 0.6 is 0 Å². The van der Waals surface area contributed by atoms with E-state index < -0.39 is 0 Å². The molecular weight excluding hydrogens is 232 g/mol. The fourth-order valence-corrected chi connectivity index (χ4v) is 3.06. The van der Waals surface area contributed by atoms with Crippen molar-refractivity contribution in [3.63, 3.8) is 0 Å². The monoisotopic (exact) mass is 252 g/mol. The van der Waals surface area contributed by atoms with Crippen molar-refractivity contribution in [2.75, 3.05) is 5.73 Å². The quantitative estimate of drug-likeness (QED) is 0.861. The van der Waals surface area contributed by atoms with Crippen molar-refractivity contribution in [1.82, 2.24) is 4.98 Å². The van der Waals surface area contributed by atoms with Gasteiger partial charge in [-0.2, -0.15) is 0 Å². The third-order valence-electron chi connectivity index (χ3n) is 4.10. The van der Waals surface area contributed by atoms with Crippen LogP contribution in [0.4, 0.5) is 5.69 Å². The maximum absolute atomic E-state index is 6.38. The van der Waals surface area contributed by atoms with E-state index in [9.17, 15) is 0 Å². The lowest BCUT2D eigenvalue weighted by atomic mass is 9.85. The maximum Gasteiger partial charge on any atom is 0.0669 e. The Labute approximate surface area is 114 Å². The number of hydrogen-bond donors (Lipinski definition) is 1. The number of nitrogens with two attached hydrogens (primary N) is 1. The fraction of sp³-hybridized carbons (Fsp3) is 0.353. The summed E-state index contributed by atoms with van der Waals surface area (Å²) in [4.78, 5) is 4.56. The van der Waals surface area contributed by atoms with Gasteiger partial charge >= 0.3 is 0 Å². The Morgan fingerprint density at radius 2 is 1.68 bits per heavy atom. The molecule has 0 saturated heterocycles. The van der Waals surface area contributed by atoms with E-state index in [1.807, 2.05) is 18.3 Å². The van der Waals surface area contributed by atoms with Crippen molar-refractivity contribution >= 4 is 5.69 Å². The number of pyridine rings is 1. The van der Waals surface area contributed by atoms with Crippen LogP contribution < -0.4 is 5.73 Å². The summed E-state index contributed by atoms with van der Waals surface area (Å²) in [6, 6.07) is 12.4. The van der Waals surface area contributed by atoms with E-state index in [1.54, 1.807) is 0 Å². The zero-order valence-electron chi connectivity index (χ0n) is 11.2. The summed E-state index contributed by atoms with van der Waals surface area (Å²) in [5.41, 5.74) is 10.7. The molecule has 3 rings (SSSR count). The van der Waals surface area contributed by atoms with Gasteiger partial charge in [-0.05, 0) is 24.5 Å². The molecular formula is C17H20N2. The SMILES string of the molecule is Nc1c(-c2ccccc2)ccnc1C1CCCCC1. The van der Waals surface area contributed by atoms with Crippen LogP contribution in [0, 0.1) is 0 Å². The second kappa shape index (κ2) is 5.43. The Balaban J connectivity index is 1.99. The second-order valence-corrected chi connectivity index (χ2v) is 5.36. The molecule has 0 atom stereocenters. The summed E-state index contributed by atoms with van der Waals surface area (Å²) in [5.74, 6) is 0.553. The molecule has 0 aliphatic heterocycles. The second-order valence-electron chi connectivity index (χ2n) is 5.36. The Hall–Kier alpha value is -1.83. The highest BCUT2D eigenvalue weighted by molar-refractivity contribution is 5.77. The minimum Gasteiger partial charge on any atom is -0.397 e. The molecule has 1 aromatic carbocycles. The first-order valence-corrected chi connectivity index (χ1v) is 7.16. The lowest BCUT2D eigenvalue weighted by molar-refractivity contribution is 0.438. The van der Waals surface area contributed by atoms with Crippen LogP contribution in [0.15, 0.2) is 42.6 Å². The van der Waals surface area contributed by atoms with Gasteiger partial charge in [0.05, 0.1) is 11.4 Å². The Morgan fingerprint density at radius 1 is 0.947 bits per heavy atom. The first-order chi connectivity index (χ1) is 9.36. The smallest absolute Gasteiger partial charge is 0.0669 e. The zero-order chi connectivity index (χ0) is 13.1. The van der Waals surface area contributed by atoms with Crippen LogP contribution in [0.5, 0.6) is 0 Å². The van der Waals surface area contributed by atoms with Crippen LogP contribution in [0.1, 0.15) is 43.7 Å². The van der Waals surface area contributed by atoms with Crippen LogP contribution in [-0.4, -0.2) is 4.98 Å². The number of aromatic nitrogens is 1. The Bertz CT molecular complexity index is 542. The molecule has 2 N–H and O–H groups in total. The number of nitrogens with zero attached hydrogens (tertiary/aromatic N) is 1. The number of anilines is 1. The average molecular weight is 252 g/mol. The Morgan fingerprint density at radius 3 is 2.42 bits per heavy atom. The van der Waals surface area contributed by atoms with Gasteiger partial charge in [-0.15, -0.1) is 0 Å². The van der Waals surface area contributed by atoms with Crippen LogP contribution in [0.3, 0.4) is 0 Å². The molecule has 98 valence electrons. The molecule has 0 amide bonds. The van der Waals surface area contributed by atoms with E-state index in [-0.39, 0.29) is 0 Å². The summed E-state index contributed by atoms with van der Waals surface area (Å²) >= 11 is 0. The fourth-order valence-electron chi connectivity index (χ4n) is 3.06. The zero-order valence-corrected chi connectivity index (χ0v) is 11.2. The number of benzene rings is 1. The molecule has 0 spiro atoms. The van der Waals surface area contributed by atoms with Gasteiger partial charge in [-0.3, -0.25) is 4.98 Å². The molecule has 1 aliphatic rings. The van der Waals surface area contributed by atoms with Gasteiger partial charge in [0.2, 0.25) is 0 Å². The van der Waals surface area contributed by atoms with E-state index in [2.05, 4.69) is 29.2 Å². The maximum atomic E-state index is 6.38. The topological polar surface area (TPSA) is 38.9 Å². The molecule has 2 aromatic rings. The van der Waals surface area contributed by atoms with E-state index in [1.165, 1.54) is 37.7 Å². The minimum atomic E-state index is 0.553. The van der Waals surface area contributed by atoms with Gasteiger partial charge in [-0.1, -0.05) is 49.6 Å². The summed E-state index contributed by atoms with van der Waals surface area (Å²) in [6.07, 6.45) is 8.34. The first-order valence-electron chi connectivity index (χ1n) is 7.16. The summed E-state index contributed by atoms with van der Waals surface area (Å²) in [7, 11) is 0. The summed E-state index contributed by atoms with van der Waals surface area (Å²) in [5, 5.41) is 0. The van der Waals surface area contributed by atoms with Crippen LogP contribution in [0.25, 0.3) is 11.1 Å². The van der Waals surface area contributed by atoms with Gasteiger partial charge in [0.1, 0.15) is 0 Å². The molecule has 1 saturated carbocycles. The van der Waals surface area contributed by atoms with E-state index in [4.69, 9.17) is 5.73 Å². The summed E-state index contributed by atoms with van der Waals surface area (Å²) < 4.78 is 0. The van der Waals surface area contributed by atoms with Crippen LogP contribution in [-0.2, 0) is 0 Å². The van der Waals surface area contributed by atoms with Crippen LogP contribution in [0.2, 0.25) is 0 Å². The predicted molar refractivity (Wildman–Crippen MR) is 79.9 cm³/mol. The standard InChI is InChI=1S/C17H20N2/c18-16-15(13-7-3-1-4-8-13)11-12-19-17(16)14-9-5-2-6-10-14/h1,3-4,7-8,11-12,14H,2,5-6,9-10,18H2. The van der Waals surface area contributed by atoms with Gasteiger partial charge in [0, 0.05) is 17.7 Å². The minimum absolute atomic E-state index is 0.553. The van der Waals surface area contributed by atoms with Gasteiger partial charge in [-0.25, -0.2) is 0 Å². The number of rotatable bonds is 2. The van der Waals surface area contributed by atoms with Gasteiger partial charge < -0.3 is 5.73 Å². The lowest BCUT2D eigenvalue weighted by Gasteiger charge is -2.23. The van der Waals surface area contributed by atoms with Crippen molar-refractivity contribution in [2.24, 2.45) is 0 Å². The molecule has 0 unspecified atom stereocenters. The van der Waals surface area contributed by atoms with E-state index >= 15 is 0 Å². The number of hydrogen-bond acceptors (Lipinski definition) is 2. The molecule has 1 fully saturated rings. The van der Waals surface area contributed by atoms with E-state index in [0.29, 0.717) is 5.92 Å². The predicted octanol–water partition coefficient (Wildman–Crippen LogP) is 4.38. The molecule has 1 aliphatic carbocycles. The molecule has 2 nitrogen and oxygen atoms in total. The molecule has 1 heterocycles. The highest BCUT2D eigenvalue weighted by Crippen LogP contribution is 2.37. The van der Waals surface area contributed by atoms with Gasteiger partial charge in [0.25, 0.3) is 0 Å². The van der Waals surface area contributed by atoms with Crippen molar-refractivity contribution in [3.8, 4) is 11.1 Å². The summed E-state index contributed by atoms with van der Waals surface area (Å²) in [6.45, 7) is 0. The lowest BCUT2D eigenvalue weighted by Crippen LogP contribution is -2.10. The highest BCUT2D eigenvalue weighted by atomic mass is 14.7. The van der Waals surface area contributed by atoms with Crippen molar-refractivity contribution in [1.29, 1.82) is 0 Å². The van der Waals surface area contributed by atoms with Crippen molar-refractivity contribution in [2.45, 2.75) is 38.0 Å². The van der Waals surface area contributed by atoms with Crippen molar-refractivity contribution < 1.29 is 0 Å². The highest BCUT2D eigenvalue weighted by Gasteiger charge is 2.20. The first kappa shape index (κ1) is 12.2. The molecule has 19 heavy (non-hydrogen) atoms. The largest absolute Gasteiger partial charge is 0.397 e. The molecule has 2 heteroatoms. The molecule has 1 aromatic heterocycles. The molecule has 0 radical (unpaired) electrons. The van der Waals surface area contributed by atoms with Crippen molar-refractivity contribution in [3.05, 3.63) is 48.3 Å². The molecule has 0 bridgehead atoms. The average Bonchev–Trinajstić information content (AvgIpc) is 2.49. The third kappa shape index (κ3) is 2.48. The number of nitrogen functional groups attached to an aromatic ring is 1.